The molecule has 0 N–H and O–H groups in total. The second-order valence-corrected chi connectivity index (χ2v) is 10.5. The number of pyridine rings is 3. The molecule has 37 heavy (non-hydrogen) atoms. The molecular formula is C30H29N7. The summed E-state index contributed by atoms with van der Waals surface area (Å²) in [5.74, 6) is 1.65. The maximum absolute atomic E-state index is 9.68. The third-order valence-electron chi connectivity index (χ3n) is 7.99. The van der Waals surface area contributed by atoms with E-state index in [-0.39, 0.29) is 5.41 Å². The summed E-state index contributed by atoms with van der Waals surface area (Å²) in [5.41, 5.74) is 5.43. The fraction of sp³-hybridized carbons (Fsp3) is 0.367. The van der Waals surface area contributed by atoms with Crippen molar-refractivity contribution in [1.82, 2.24) is 19.6 Å². The minimum Gasteiger partial charge on any atom is -0.357 e. The number of hydrogen-bond donors (Lipinski definition) is 0. The Morgan fingerprint density at radius 1 is 1.03 bits per heavy atom. The van der Waals surface area contributed by atoms with Gasteiger partial charge in [0.25, 0.3) is 0 Å². The van der Waals surface area contributed by atoms with Gasteiger partial charge in [0.2, 0.25) is 0 Å². The van der Waals surface area contributed by atoms with Crippen molar-refractivity contribution in [3.8, 4) is 23.3 Å². The van der Waals surface area contributed by atoms with E-state index in [1.54, 1.807) is 10.7 Å². The number of aromatic nitrogens is 4. The van der Waals surface area contributed by atoms with E-state index in [0.29, 0.717) is 11.5 Å². The highest BCUT2D eigenvalue weighted by Crippen LogP contribution is 2.48. The molecule has 4 aromatic rings. The summed E-state index contributed by atoms with van der Waals surface area (Å²) < 4.78 is 1.80. The van der Waals surface area contributed by atoms with E-state index < -0.39 is 0 Å². The largest absolute Gasteiger partial charge is 0.357 e. The average Bonchev–Trinajstić information content (AvgIpc) is 3.63. The van der Waals surface area contributed by atoms with Gasteiger partial charge < -0.3 is 4.90 Å². The molecule has 2 aliphatic rings. The molecule has 0 amide bonds. The van der Waals surface area contributed by atoms with Gasteiger partial charge in [0.1, 0.15) is 11.9 Å². The maximum atomic E-state index is 9.68. The summed E-state index contributed by atoms with van der Waals surface area (Å²) in [6, 6.07) is 17.3. The van der Waals surface area contributed by atoms with Gasteiger partial charge in [-0.3, -0.25) is 4.98 Å². The lowest BCUT2D eigenvalue weighted by Crippen LogP contribution is -2.34. The highest BCUT2D eigenvalue weighted by atomic mass is 15.2. The van der Waals surface area contributed by atoms with Crippen LogP contribution in [0.25, 0.3) is 16.6 Å². The Kier molecular flexibility index (Phi) is 6.06. The monoisotopic (exact) mass is 487 g/mol. The molecule has 4 aromatic heterocycles. The highest BCUT2D eigenvalue weighted by molar-refractivity contribution is 5.84. The number of piperidine rings is 1. The van der Waals surface area contributed by atoms with Crippen molar-refractivity contribution in [2.24, 2.45) is 11.3 Å². The molecule has 0 spiro atoms. The normalized spacial score (nSPS) is 16.9. The molecule has 2 fully saturated rings. The summed E-state index contributed by atoms with van der Waals surface area (Å²) in [4.78, 5) is 11.7. The second kappa shape index (κ2) is 9.67. The molecule has 0 bridgehead atoms. The Hall–Kier alpha value is -4.23. The molecule has 184 valence electrons. The molecule has 1 saturated heterocycles. The van der Waals surface area contributed by atoms with Gasteiger partial charge in [-0.05, 0) is 86.8 Å². The Bertz CT molecular complexity index is 1480. The van der Waals surface area contributed by atoms with Gasteiger partial charge in [-0.15, -0.1) is 0 Å². The van der Waals surface area contributed by atoms with Crippen molar-refractivity contribution in [2.75, 3.05) is 18.0 Å². The minimum absolute atomic E-state index is 0.148. The fourth-order valence-corrected chi connectivity index (χ4v) is 5.48. The van der Waals surface area contributed by atoms with E-state index in [1.807, 2.05) is 24.7 Å². The van der Waals surface area contributed by atoms with Crippen LogP contribution >= 0.6 is 0 Å². The molecule has 1 aliphatic heterocycles. The van der Waals surface area contributed by atoms with Gasteiger partial charge in [-0.1, -0.05) is 6.07 Å². The number of fused-ring (bicyclic) bond motifs is 1. The maximum Gasteiger partial charge on any atom is 0.128 e. The molecule has 0 unspecified atom stereocenters. The Morgan fingerprint density at radius 2 is 1.89 bits per heavy atom. The van der Waals surface area contributed by atoms with Crippen molar-refractivity contribution in [3.05, 3.63) is 78.0 Å². The van der Waals surface area contributed by atoms with E-state index in [2.05, 4.69) is 57.5 Å². The zero-order chi connectivity index (χ0) is 25.2. The van der Waals surface area contributed by atoms with Gasteiger partial charge in [0.15, 0.2) is 0 Å². The predicted molar refractivity (Wildman–Crippen MR) is 142 cm³/mol. The van der Waals surface area contributed by atoms with E-state index in [9.17, 15) is 10.5 Å². The van der Waals surface area contributed by atoms with Crippen LogP contribution in [0.2, 0.25) is 0 Å². The molecule has 5 heterocycles. The summed E-state index contributed by atoms with van der Waals surface area (Å²) in [7, 11) is 0. The smallest absolute Gasteiger partial charge is 0.128 e. The molecule has 0 radical (unpaired) electrons. The van der Waals surface area contributed by atoms with Crippen LogP contribution in [-0.2, 0) is 12.8 Å². The number of nitrogens with zero attached hydrogens (tertiary/aromatic N) is 7. The van der Waals surface area contributed by atoms with Crippen molar-refractivity contribution >= 4 is 11.3 Å². The second-order valence-electron chi connectivity index (χ2n) is 10.5. The van der Waals surface area contributed by atoms with Gasteiger partial charge >= 0.3 is 0 Å². The van der Waals surface area contributed by atoms with Crippen LogP contribution in [0, 0.1) is 34.0 Å². The lowest BCUT2D eigenvalue weighted by atomic mass is 9.92. The summed E-state index contributed by atoms with van der Waals surface area (Å²) in [6.07, 6.45) is 14.4. The third kappa shape index (κ3) is 4.78. The lowest BCUT2D eigenvalue weighted by Gasteiger charge is -2.32. The fourth-order valence-electron chi connectivity index (χ4n) is 5.48. The molecule has 7 nitrogen and oxygen atoms in total. The zero-order valence-corrected chi connectivity index (χ0v) is 20.8. The van der Waals surface area contributed by atoms with Crippen molar-refractivity contribution in [2.45, 2.75) is 44.9 Å². The lowest BCUT2D eigenvalue weighted by molar-refractivity contribution is 0.399. The van der Waals surface area contributed by atoms with Crippen molar-refractivity contribution < 1.29 is 0 Å². The Morgan fingerprint density at radius 3 is 2.57 bits per heavy atom. The number of hydrogen-bond acceptors (Lipinski definition) is 6. The Balaban J connectivity index is 1.20. The minimum atomic E-state index is -0.148. The van der Waals surface area contributed by atoms with Crippen molar-refractivity contribution in [1.29, 1.82) is 10.5 Å². The van der Waals surface area contributed by atoms with Crippen LogP contribution in [0.4, 0.5) is 5.82 Å². The summed E-state index contributed by atoms with van der Waals surface area (Å²) in [5, 5.41) is 23.6. The molecule has 7 heteroatoms. The molecule has 6 rings (SSSR count). The zero-order valence-electron chi connectivity index (χ0n) is 20.8. The Labute approximate surface area is 217 Å². The van der Waals surface area contributed by atoms with Crippen LogP contribution < -0.4 is 4.90 Å². The number of rotatable bonds is 7. The standard InChI is InChI=1S/C30H29N7/c31-17-25-19-35-37-20-23(6-9-30(21-32)10-11-30)16-27(29(25)37)24-4-5-28(34-18-24)36-13-7-22(8-14-36)15-26-3-1-2-12-33-26/h1-5,12,16,18-20,22H,6-11,13-15H2. The summed E-state index contributed by atoms with van der Waals surface area (Å²) >= 11 is 0. The summed E-state index contributed by atoms with van der Waals surface area (Å²) in [6.45, 7) is 1.98. The van der Waals surface area contributed by atoms with Crippen LogP contribution in [0.1, 0.15) is 48.9 Å². The van der Waals surface area contributed by atoms with E-state index in [1.165, 1.54) is 5.69 Å². The van der Waals surface area contributed by atoms with Gasteiger partial charge in [-0.2, -0.15) is 15.6 Å². The van der Waals surface area contributed by atoms with Gasteiger partial charge in [0, 0.05) is 48.5 Å². The predicted octanol–water partition coefficient (Wildman–Crippen LogP) is 5.36. The topological polar surface area (TPSA) is 93.9 Å². The first-order valence-electron chi connectivity index (χ1n) is 13.1. The van der Waals surface area contributed by atoms with Crippen LogP contribution in [0.5, 0.6) is 0 Å². The van der Waals surface area contributed by atoms with Crippen LogP contribution in [-0.4, -0.2) is 32.7 Å². The van der Waals surface area contributed by atoms with E-state index in [4.69, 9.17) is 4.98 Å². The molecule has 1 aliphatic carbocycles. The highest BCUT2D eigenvalue weighted by Gasteiger charge is 2.42. The quantitative estimate of drug-likeness (QED) is 0.348. The SMILES string of the molecule is N#Cc1cnn2cc(CCC3(C#N)CC3)cc(-c3ccc(N4CCC(Cc5ccccn5)CC4)nc3)c12. The van der Waals surface area contributed by atoms with E-state index in [0.717, 1.165) is 86.1 Å². The van der Waals surface area contributed by atoms with Crippen molar-refractivity contribution in [3.63, 3.8) is 0 Å². The molecule has 0 aromatic carbocycles. The number of nitriles is 2. The third-order valence-corrected chi connectivity index (χ3v) is 7.99. The van der Waals surface area contributed by atoms with Gasteiger partial charge in [0.05, 0.1) is 28.8 Å². The van der Waals surface area contributed by atoms with Gasteiger partial charge in [-0.25, -0.2) is 9.50 Å². The first-order chi connectivity index (χ1) is 18.2. The van der Waals surface area contributed by atoms with Crippen LogP contribution in [0.15, 0.2) is 61.2 Å². The van der Waals surface area contributed by atoms with Crippen LogP contribution in [0.3, 0.4) is 0 Å². The average molecular weight is 488 g/mol. The van der Waals surface area contributed by atoms with E-state index >= 15 is 0 Å². The molecular weight excluding hydrogens is 458 g/mol. The first kappa shape index (κ1) is 23.2. The number of anilines is 1. The number of aryl methyl sites for hydroxylation is 1. The molecule has 0 atom stereocenters. The first-order valence-corrected chi connectivity index (χ1v) is 13.1. The molecule has 1 saturated carbocycles.